The first-order chi connectivity index (χ1) is 12.9. The average molecular weight is 364 g/mol. The van der Waals surface area contributed by atoms with E-state index >= 15 is 0 Å². The number of anilines is 3. The highest BCUT2D eigenvalue weighted by Crippen LogP contribution is 2.43. The van der Waals surface area contributed by atoms with E-state index in [0.717, 1.165) is 11.4 Å². The number of nitrogens with one attached hydrogen (secondary N) is 1. The van der Waals surface area contributed by atoms with Crippen LogP contribution in [0.1, 0.15) is 49.4 Å². The Hall–Kier alpha value is -2.49. The molecule has 2 aliphatic rings. The lowest BCUT2D eigenvalue weighted by Crippen LogP contribution is -2.51. The lowest BCUT2D eigenvalue weighted by molar-refractivity contribution is -0.119. The van der Waals surface area contributed by atoms with Crippen LogP contribution in [0.4, 0.5) is 17.1 Å². The molecule has 1 fully saturated rings. The van der Waals surface area contributed by atoms with E-state index in [0.29, 0.717) is 6.04 Å². The molecule has 1 N–H and O–H groups in total. The summed E-state index contributed by atoms with van der Waals surface area (Å²) < 4.78 is 0. The molecule has 2 atom stereocenters. The Balaban J connectivity index is 1.65. The van der Waals surface area contributed by atoms with Gasteiger partial charge < -0.3 is 15.1 Å². The monoisotopic (exact) mass is 363 g/mol. The molecule has 0 radical (unpaired) electrons. The highest BCUT2D eigenvalue weighted by molar-refractivity contribution is 6.05. The summed E-state index contributed by atoms with van der Waals surface area (Å²) in [5, 5.41) is 3.66. The summed E-state index contributed by atoms with van der Waals surface area (Å²) in [5.74, 6) is 0.179. The van der Waals surface area contributed by atoms with E-state index in [9.17, 15) is 4.79 Å². The Labute approximate surface area is 162 Å². The second-order valence-corrected chi connectivity index (χ2v) is 8.14. The van der Waals surface area contributed by atoms with Gasteiger partial charge in [0.25, 0.3) is 0 Å². The van der Waals surface area contributed by atoms with Crippen molar-refractivity contribution in [3.63, 3.8) is 0 Å². The van der Waals surface area contributed by atoms with E-state index in [1.807, 2.05) is 14.0 Å². The van der Waals surface area contributed by atoms with Gasteiger partial charge in [0.1, 0.15) is 6.04 Å². The molecule has 0 aromatic heterocycles. The molecule has 1 aliphatic carbocycles. The van der Waals surface area contributed by atoms with Crippen molar-refractivity contribution in [2.24, 2.45) is 0 Å². The number of hydrogen-bond acceptors (Lipinski definition) is 3. The summed E-state index contributed by atoms with van der Waals surface area (Å²) in [6, 6.07) is 13.6. The van der Waals surface area contributed by atoms with Crippen molar-refractivity contribution in [2.75, 3.05) is 22.2 Å². The SMILES string of the molecule is Cc1ccc(C(C)Nc2ccc3c(c2)N(C2CC2)C(C)C(=O)N3C)c(C)c1. The third-order valence-electron chi connectivity index (χ3n) is 5.94. The fraction of sp³-hybridized carbons (Fsp3) is 0.435. The summed E-state index contributed by atoms with van der Waals surface area (Å²) in [4.78, 5) is 16.7. The second kappa shape index (κ2) is 6.59. The van der Waals surface area contributed by atoms with Gasteiger partial charge in [0.05, 0.1) is 11.4 Å². The molecule has 27 heavy (non-hydrogen) atoms. The molecule has 1 saturated carbocycles. The van der Waals surface area contributed by atoms with Gasteiger partial charge in [0.15, 0.2) is 0 Å². The number of rotatable bonds is 4. The van der Waals surface area contributed by atoms with Crippen LogP contribution in [0.3, 0.4) is 0 Å². The van der Waals surface area contributed by atoms with E-state index < -0.39 is 0 Å². The zero-order valence-corrected chi connectivity index (χ0v) is 16.9. The van der Waals surface area contributed by atoms with Crippen LogP contribution in [0.25, 0.3) is 0 Å². The molecule has 0 spiro atoms. The van der Waals surface area contributed by atoms with Gasteiger partial charge in [-0.15, -0.1) is 0 Å². The van der Waals surface area contributed by atoms with Crippen LogP contribution in [-0.2, 0) is 4.79 Å². The summed E-state index contributed by atoms with van der Waals surface area (Å²) in [6.07, 6.45) is 2.36. The number of aryl methyl sites for hydroxylation is 2. The summed E-state index contributed by atoms with van der Waals surface area (Å²) in [7, 11) is 1.88. The molecule has 4 heteroatoms. The van der Waals surface area contributed by atoms with Gasteiger partial charge in [-0.25, -0.2) is 0 Å². The van der Waals surface area contributed by atoms with Gasteiger partial charge in [-0.1, -0.05) is 23.8 Å². The Bertz CT molecular complexity index is 887. The topological polar surface area (TPSA) is 35.6 Å². The quantitative estimate of drug-likeness (QED) is 0.847. The maximum atomic E-state index is 12.6. The number of nitrogens with zero attached hydrogens (tertiary/aromatic N) is 2. The van der Waals surface area contributed by atoms with Crippen LogP contribution in [0.5, 0.6) is 0 Å². The number of benzene rings is 2. The molecule has 2 aromatic carbocycles. The summed E-state index contributed by atoms with van der Waals surface area (Å²) >= 11 is 0. The fourth-order valence-electron chi connectivity index (χ4n) is 4.34. The van der Waals surface area contributed by atoms with E-state index in [4.69, 9.17) is 0 Å². The number of amides is 1. The van der Waals surface area contributed by atoms with Crippen molar-refractivity contribution in [3.05, 3.63) is 53.1 Å². The van der Waals surface area contributed by atoms with Crippen LogP contribution in [0, 0.1) is 13.8 Å². The van der Waals surface area contributed by atoms with E-state index in [-0.39, 0.29) is 18.0 Å². The first-order valence-electron chi connectivity index (χ1n) is 9.90. The molecule has 0 bridgehead atoms. The normalized spacial score (nSPS) is 20.5. The van der Waals surface area contributed by atoms with Crippen molar-refractivity contribution in [2.45, 2.75) is 58.7 Å². The van der Waals surface area contributed by atoms with Crippen molar-refractivity contribution >= 4 is 23.0 Å². The van der Waals surface area contributed by atoms with Crippen molar-refractivity contribution in [1.29, 1.82) is 0 Å². The molecule has 0 saturated heterocycles. The third-order valence-corrected chi connectivity index (χ3v) is 5.94. The van der Waals surface area contributed by atoms with E-state index in [1.165, 1.54) is 35.2 Å². The Morgan fingerprint density at radius 1 is 1.07 bits per heavy atom. The smallest absolute Gasteiger partial charge is 0.249 e. The van der Waals surface area contributed by atoms with Gasteiger partial charge in [-0.05, 0) is 69.9 Å². The number of fused-ring (bicyclic) bond motifs is 1. The largest absolute Gasteiger partial charge is 0.378 e. The predicted octanol–water partition coefficient (Wildman–Crippen LogP) is 4.81. The minimum Gasteiger partial charge on any atom is -0.378 e. The molecule has 1 amide bonds. The average Bonchev–Trinajstić information content (AvgIpc) is 3.44. The number of carbonyl (C=O) groups is 1. The van der Waals surface area contributed by atoms with Gasteiger partial charge >= 0.3 is 0 Å². The molecule has 4 nitrogen and oxygen atoms in total. The highest BCUT2D eigenvalue weighted by Gasteiger charge is 2.41. The second-order valence-electron chi connectivity index (χ2n) is 8.14. The molecule has 4 rings (SSSR count). The molecule has 1 heterocycles. The van der Waals surface area contributed by atoms with E-state index in [1.54, 1.807) is 4.90 Å². The number of likely N-dealkylation sites (N-methyl/N-ethyl adjacent to an activating group) is 1. The lowest BCUT2D eigenvalue weighted by Gasteiger charge is -2.41. The predicted molar refractivity (Wildman–Crippen MR) is 113 cm³/mol. The van der Waals surface area contributed by atoms with Crippen molar-refractivity contribution in [3.8, 4) is 0 Å². The minimum absolute atomic E-state index is 0.0954. The van der Waals surface area contributed by atoms with Crippen molar-refractivity contribution in [1.82, 2.24) is 0 Å². The van der Waals surface area contributed by atoms with E-state index in [2.05, 4.69) is 67.4 Å². The van der Waals surface area contributed by atoms with Crippen LogP contribution in [-0.4, -0.2) is 25.0 Å². The van der Waals surface area contributed by atoms with Gasteiger partial charge in [0.2, 0.25) is 5.91 Å². The molecule has 2 aromatic rings. The highest BCUT2D eigenvalue weighted by atomic mass is 16.2. The lowest BCUT2D eigenvalue weighted by atomic mass is 10.00. The van der Waals surface area contributed by atoms with Crippen LogP contribution < -0.4 is 15.1 Å². The third kappa shape index (κ3) is 3.18. The van der Waals surface area contributed by atoms with Crippen LogP contribution >= 0.6 is 0 Å². The van der Waals surface area contributed by atoms with Crippen LogP contribution in [0.2, 0.25) is 0 Å². The maximum absolute atomic E-state index is 12.6. The maximum Gasteiger partial charge on any atom is 0.249 e. The van der Waals surface area contributed by atoms with Crippen LogP contribution in [0.15, 0.2) is 36.4 Å². The summed E-state index contributed by atoms with van der Waals surface area (Å²) in [6.45, 7) is 8.53. The standard InChI is InChI=1S/C23H29N3O/c1-14-6-10-20(15(2)12-14)16(3)24-18-7-11-21-22(13-18)26(19-8-9-19)17(4)23(27)25(21)5/h6-7,10-13,16-17,19,24H,8-9H2,1-5H3. The number of carbonyl (C=O) groups excluding carboxylic acids is 1. The Morgan fingerprint density at radius 3 is 2.48 bits per heavy atom. The number of hydrogen-bond donors (Lipinski definition) is 1. The van der Waals surface area contributed by atoms with Gasteiger partial charge in [0, 0.05) is 24.8 Å². The fourth-order valence-corrected chi connectivity index (χ4v) is 4.34. The Morgan fingerprint density at radius 2 is 1.81 bits per heavy atom. The first kappa shape index (κ1) is 17.9. The molecular formula is C23H29N3O. The first-order valence-corrected chi connectivity index (χ1v) is 9.90. The molecular weight excluding hydrogens is 334 g/mol. The van der Waals surface area contributed by atoms with Gasteiger partial charge in [-0.2, -0.15) is 0 Å². The molecule has 1 aliphatic heterocycles. The zero-order valence-electron chi connectivity index (χ0n) is 16.9. The summed E-state index contributed by atoms with van der Waals surface area (Å²) in [5.41, 5.74) is 7.20. The zero-order chi connectivity index (χ0) is 19.3. The molecule has 142 valence electrons. The molecule has 2 unspecified atom stereocenters. The minimum atomic E-state index is -0.0954. The van der Waals surface area contributed by atoms with Gasteiger partial charge in [-0.3, -0.25) is 4.79 Å². The van der Waals surface area contributed by atoms with Crippen molar-refractivity contribution < 1.29 is 4.79 Å². The Kier molecular flexibility index (Phi) is 4.37.